The molecule has 1 aromatic carbocycles. The molecule has 1 aliphatic heterocycles. The Morgan fingerprint density at radius 2 is 2.32 bits per heavy atom. The van der Waals surface area contributed by atoms with E-state index in [0.29, 0.717) is 13.0 Å². The van der Waals surface area contributed by atoms with Crippen molar-refractivity contribution >= 4 is 22.5 Å². The van der Waals surface area contributed by atoms with Crippen molar-refractivity contribution in [2.75, 3.05) is 13.2 Å². The van der Waals surface area contributed by atoms with Gasteiger partial charge in [-0.3, -0.25) is 0 Å². The van der Waals surface area contributed by atoms with Gasteiger partial charge in [-0.05, 0) is 36.6 Å². The molecule has 1 aliphatic rings. The maximum atomic E-state index is 9.34. The van der Waals surface area contributed by atoms with E-state index in [0.717, 1.165) is 29.1 Å². The van der Waals surface area contributed by atoms with Crippen molar-refractivity contribution in [1.29, 1.82) is 0 Å². The summed E-state index contributed by atoms with van der Waals surface area (Å²) in [5, 5.41) is 11.3. The lowest BCUT2D eigenvalue weighted by Crippen LogP contribution is -2.36. The van der Waals surface area contributed by atoms with E-state index < -0.39 is 0 Å². The minimum absolute atomic E-state index is 0.128. The quantitative estimate of drug-likeness (QED) is 0.905. The molecule has 1 atom stereocenters. The van der Waals surface area contributed by atoms with E-state index in [1.54, 1.807) is 0 Å². The van der Waals surface area contributed by atoms with Crippen molar-refractivity contribution in [2.45, 2.75) is 31.8 Å². The van der Waals surface area contributed by atoms with Crippen molar-refractivity contribution in [3.63, 3.8) is 0 Å². The number of fused-ring (bicyclic) bond motifs is 3. The maximum absolute atomic E-state index is 9.34. The fraction of sp³-hybridized carbons (Fsp3) is 0.467. The van der Waals surface area contributed by atoms with Gasteiger partial charge in [-0.25, -0.2) is 0 Å². The van der Waals surface area contributed by atoms with E-state index in [4.69, 9.17) is 16.3 Å². The van der Waals surface area contributed by atoms with Crippen LogP contribution < -0.4 is 0 Å². The second-order valence-electron chi connectivity index (χ2n) is 5.09. The number of aromatic amines is 1. The van der Waals surface area contributed by atoms with Gasteiger partial charge in [0.1, 0.15) is 5.60 Å². The number of hydrogen-bond acceptors (Lipinski definition) is 2. The first-order valence-corrected chi connectivity index (χ1v) is 7.13. The molecule has 0 saturated carbocycles. The molecule has 19 heavy (non-hydrogen) atoms. The molecule has 2 heterocycles. The highest BCUT2D eigenvalue weighted by Gasteiger charge is 2.38. The van der Waals surface area contributed by atoms with Crippen LogP contribution in [0.5, 0.6) is 0 Å². The van der Waals surface area contributed by atoms with Gasteiger partial charge in [0.2, 0.25) is 0 Å². The summed E-state index contributed by atoms with van der Waals surface area (Å²) in [5.74, 6) is 0. The molecular formula is C15H18ClNO2. The number of ether oxygens (including phenoxy) is 1. The van der Waals surface area contributed by atoms with E-state index in [9.17, 15) is 5.11 Å². The van der Waals surface area contributed by atoms with Crippen LogP contribution in [0.4, 0.5) is 0 Å². The van der Waals surface area contributed by atoms with Gasteiger partial charge in [-0.2, -0.15) is 0 Å². The number of aliphatic hydroxyl groups is 1. The Morgan fingerprint density at radius 3 is 3.05 bits per heavy atom. The van der Waals surface area contributed by atoms with Gasteiger partial charge >= 0.3 is 0 Å². The molecule has 102 valence electrons. The van der Waals surface area contributed by atoms with Gasteiger partial charge in [0.05, 0.1) is 12.3 Å². The lowest BCUT2D eigenvalue weighted by molar-refractivity contribution is -0.0795. The Labute approximate surface area is 117 Å². The number of H-pyrrole nitrogens is 1. The molecule has 2 N–H and O–H groups in total. The van der Waals surface area contributed by atoms with Gasteiger partial charge in [0.15, 0.2) is 0 Å². The van der Waals surface area contributed by atoms with Crippen LogP contribution in [0.2, 0.25) is 5.02 Å². The number of hydrogen-bond donors (Lipinski definition) is 2. The predicted molar refractivity (Wildman–Crippen MR) is 76.6 cm³/mol. The normalized spacial score (nSPS) is 22.7. The molecule has 4 heteroatoms. The zero-order valence-corrected chi connectivity index (χ0v) is 11.8. The third kappa shape index (κ3) is 1.97. The molecule has 0 aliphatic carbocycles. The number of aromatic nitrogens is 1. The average Bonchev–Trinajstić information content (AvgIpc) is 2.78. The largest absolute Gasteiger partial charge is 0.396 e. The average molecular weight is 280 g/mol. The molecule has 0 amide bonds. The molecule has 2 aromatic rings. The number of nitrogens with one attached hydrogen (secondary N) is 1. The fourth-order valence-corrected chi connectivity index (χ4v) is 3.29. The summed E-state index contributed by atoms with van der Waals surface area (Å²) >= 11 is 6.10. The van der Waals surface area contributed by atoms with Crippen molar-refractivity contribution in [1.82, 2.24) is 4.98 Å². The van der Waals surface area contributed by atoms with E-state index in [1.165, 1.54) is 10.9 Å². The lowest BCUT2D eigenvalue weighted by Gasteiger charge is -2.36. The Kier molecular flexibility index (Phi) is 3.29. The van der Waals surface area contributed by atoms with Crippen LogP contribution >= 0.6 is 11.6 Å². The third-order valence-corrected chi connectivity index (χ3v) is 4.38. The summed E-state index contributed by atoms with van der Waals surface area (Å²) in [5.41, 5.74) is 3.12. The van der Waals surface area contributed by atoms with E-state index in [-0.39, 0.29) is 12.2 Å². The van der Waals surface area contributed by atoms with Gasteiger partial charge in [0, 0.05) is 29.0 Å². The summed E-state index contributed by atoms with van der Waals surface area (Å²) in [6.45, 7) is 2.92. The lowest BCUT2D eigenvalue weighted by atomic mass is 9.86. The monoisotopic (exact) mass is 279 g/mol. The molecule has 1 aromatic heterocycles. The number of benzene rings is 1. The Bertz CT molecular complexity index is 607. The van der Waals surface area contributed by atoms with Crippen LogP contribution in [0.15, 0.2) is 18.2 Å². The third-order valence-electron chi connectivity index (χ3n) is 4.14. The Balaban J connectivity index is 2.22. The van der Waals surface area contributed by atoms with Crippen LogP contribution in [-0.2, 0) is 16.8 Å². The molecule has 3 nitrogen and oxygen atoms in total. The van der Waals surface area contributed by atoms with E-state index in [1.807, 2.05) is 18.2 Å². The van der Waals surface area contributed by atoms with Crippen LogP contribution in [-0.4, -0.2) is 23.3 Å². The van der Waals surface area contributed by atoms with Crippen LogP contribution in [0, 0.1) is 0 Å². The first-order valence-electron chi connectivity index (χ1n) is 6.75. The van der Waals surface area contributed by atoms with Crippen LogP contribution in [0.25, 0.3) is 10.9 Å². The van der Waals surface area contributed by atoms with Gasteiger partial charge in [-0.15, -0.1) is 0 Å². The van der Waals surface area contributed by atoms with Crippen molar-refractivity contribution in [3.05, 3.63) is 34.5 Å². The fourth-order valence-electron chi connectivity index (χ4n) is 3.12. The molecule has 3 rings (SSSR count). The molecule has 0 bridgehead atoms. The van der Waals surface area contributed by atoms with Gasteiger partial charge in [0.25, 0.3) is 0 Å². The van der Waals surface area contributed by atoms with Crippen LogP contribution in [0.1, 0.15) is 31.0 Å². The molecule has 0 saturated heterocycles. The minimum Gasteiger partial charge on any atom is -0.396 e. The highest BCUT2D eigenvalue weighted by molar-refractivity contribution is 6.31. The Morgan fingerprint density at radius 1 is 1.47 bits per heavy atom. The molecule has 0 spiro atoms. The first kappa shape index (κ1) is 13.0. The summed E-state index contributed by atoms with van der Waals surface area (Å²) in [4.78, 5) is 3.48. The van der Waals surface area contributed by atoms with E-state index in [2.05, 4.69) is 11.9 Å². The maximum Gasteiger partial charge on any atom is 0.110 e. The summed E-state index contributed by atoms with van der Waals surface area (Å²) in [6.07, 6.45) is 2.36. The predicted octanol–water partition coefficient (Wildman–Crippen LogP) is 3.38. The number of rotatable bonds is 3. The Hall–Kier alpha value is -1.03. The van der Waals surface area contributed by atoms with Gasteiger partial charge < -0.3 is 14.8 Å². The standard InChI is InChI=1S/C15H18ClNO2/c1-2-15(6-7-18)14-11(5-8-19-15)12-9-10(16)3-4-13(12)17-14/h3-4,9,17-18H,2,5-8H2,1H3. The molecular weight excluding hydrogens is 262 g/mol. The molecule has 0 fully saturated rings. The summed E-state index contributed by atoms with van der Waals surface area (Å²) < 4.78 is 6.02. The van der Waals surface area contributed by atoms with Crippen molar-refractivity contribution in [3.8, 4) is 0 Å². The van der Waals surface area contributed by atoms with Gasteiger partial charge in [-0.1, -0.05) is 18.5 Å². The minimum atomic E-state index is -0.381. The number of halogens is 1. The smallest absolute Gasteiger partial charge is 0.110 e. The second kappa shape index (κ2) is 4.82. The van der Waals surface area contributed by atoms with Crippen LogP contribution in [0.3, 0.4) is 0 Å². The zero-order valence-electron chi connectivity index (χ0n) is 11.0. The SMILES string of the molecule is CCC1(CCO)OCCc2c1[nH]c1ccc(Cl)cc21. The highest BCUT2D eigenvalue weighted by atomic mass is 35.5. The summed E-state index contributed by atoms with van der Waals surface area (Å²) in [7, 11) is 0. The second-order valence-corrected chi connectivity index (χ2v) is 5.52. The van der Waals surface area contributed by atoms with E-state index >= 15 is 0 Å². The highest BCUT2D eigenvalue weighted by Crippen LogP contribution is 2.41. The molecule has 0 radical (unpaired) electrons. The van der Waals surface area contributed by atoms with Crippen molar-refractivity contribution in [2.24, 2.45) is 0 Å². The number of aliphatic hydroxyl groups excluding tert-OH is 1. The molecule has 1 unspecified atom stereocenters. The first-order chi connectivity index (χ1) is 9.20. The zero-order chi connectivity index (χ0) is 13.5. The van der Waals surface area contributed by atoms with Crippen molar-refractivity contribution < 1.29 is 9.84 Å². The topological polar surface area (TPSA) is 45.2 Å². The summed E-state index contributed by atoms with van der Waals surface area (Å²) in [6, 6.07) is 5.92.